The van der Waals surface area contributed by atoms with Crippen molar-refractivity contribution < 1.29 is 0 Å². The summed E-state index contributed by atoms with van der Waals surface area (Å²) < 4.78 is 0. The van der Waals surface area contributed by atoms with Crippen LogP contribution in [-0.4, -0.2) is 7.05 Å². The van der Waals surface area contributed by atoms with Crippen LogP contribution in [0.15, 0.2) is 23.4 Å². The smallest absolute Gasteiger partial charge is 0.0101 e. The van der Waals surface area contributed by atoms with Crippen molar-refractivity contribution in [3.8, 4) is 0 Å². The van der Waals surface area contributed by atoms with Crippen LogP contribution in [0, 0.1) is 17.3 Å². The first-order valence-corrected chi connectivity index (χ1v) is 6.94. The van der Waals surface area contributed by atoms with Crippen molar-refractivity contribution in [3.05, 3.63) is 28.7 Å². The van der Waals surface area contributed by atoms with Gasteiger partial charge >= 0.3 is 0 Å². The Hall–Kier alpha value is -0.720. The largest absolute Gasteiger partial charge is 0.690 e. The molecule has 0 spiro atoms. The lowest BCUT2D eigenvalue weighted by Crippen LogP contribution is -2.31. The van der Waals surface area contributed by atoms with Crippen LogP contribution in [0.25, 0.3) is 5.32 Å². The summed E-state index contributed by atoms with van der Waals surface area (Å²) in [5.74, 6) is 1.33. The molecule has 3 atom stereocenters. The molecule has 1 heteroatoms. The molecule has 17 heavy (non-hydrogen) atoms. The Labute approximate surface area is 106 Å². The number of nitrogens with zero attached hydrogens (tertiary/aromatic N) is 1. The molecule has 0 N–H and O–H groups in total. The maximum Gasteiger partial charge on any atom is -0.0101 e. The van der Waals surface area contributed by atoms with Crippen LogP contribution in [0.5, 0.6) is 0 Å². The molecular formula is C16H26N-. The van der Waals surface area contributed by atoms with Crippen molar-refractivity contribution in [2.24, 2.45) is 17.3 Å². The molecule has 1 nitrogen and oxygen atoms in total. The number of hydrogen-bond acceptors (Lipinski definition) is 0. The van der Waals surface area contributed by atoms with E-state index in [-0.39, 0.29) is 0 Å². The summed E-state index contributed by atoms with van der Waals surface area (Å²) >= 11 is 0. The van der Waals surface area contributed by atoms with Crippen molar-refractivity contribution in [1.29, 1.82) is 0 Å². The predicted octanol–water partition coefficient (Wildman–Crippen LogP) is 5.06. The molecule has 0 aromatic rings. The van der Waals surface area contributed by atoms with Crippen molar-refractivity contribution in [1.82, 2.24) is 0 Å². The minimum atomic E-state index is 0.505. The summed E-state index contributed by atoms with van der Waals surface area (Å²) in [6.07, 6.45) is 6.61. The van der Waals surface area contributed by atoms with Gasteiger partial charge in [-0.25, -0.2) is 0 Å². The van der Waals surface area contributed by atoms with Crippen molar-refractivity contribution >= 4 is 0 Å². The Morgan fingerprint density at radius 1 is 1.35 bits per heavy atom. The first kappa shape index (κ1) is 12.7. The third-order valence-corrected chi connectivity index (χ3v) is 4.97. The maximum atomic E-state index is 4.56. The zero-order valence-electron chi connectivity index (χ0n) is 11.8. The minimum Gasteiger partial charge on any atom is -0.690 e. The lowest BCUT2D eigenvalue weighted by Gasteiger charge is -2.43. The van der Waals surface area contributed by atoms with E-state index in [0.717, 1.165) is 0 Å². The Bertz CT molecular complexity index is 349. The second kappa shape index (κ2) is 4.51. The van der Waals surface area contributed by atoms with E-state index in [1.54, 1.807) is 0 Å². The summed E-state index contributed by atoms with van der Waals surface area (Å²) in [4.78, 5) is 0. The topological polar surface area (TPSA) is 14.1 Å². The molecule has 2 saturated carbocycles. The molecular weight excluding hydrogens is 206 g/mol. The fourth-order valence-corrected chi connectivity index (χ4v) is 4.28. The fraction of sp³-hybridized carbons (Fsp3) is 0.750. The van der Waals surface area contributed by atoms with Crippen LogP contribution >= 0.6 is 0 Å². The van der Waals surface area contributed by atoms with Gasteiger partial charge in [0.2, 0.25) is 0 Å². The van der Waals surface area contributed by atoms with Gasteiger partial charge in [-0.15, -0.1) is 7.05 Å². The van der Waals surface area contributed by atoms with Crippen LogP contribution in [0.3, 0.4) is 0 Å². The second-order valence-corrected chi connectivity index (χ2v) is 6.40. The van der Waals surface area contributed by atoms with Crippen LogP contribution in [0.1, 0.15) is 52.9 Å². The Morgan fingerprint density at radius 2 is 2.06 bits per heavy atom. The first-order chi connectivity index (χ1) is 7.99. The Morgan fingerprint density at radius 3 is 2.65 bits per heavy atom. The lowest BCUT2D eigenvalue weighted by molar-refractivity contribution is 0.185. The number of fused-ring (bicyclic) bond motifs is 1. The number of allylic oxidation sites excluding steroid dienone is 3. The van der Waals surface area contributed by atoms with Crippen molar-refractivity contribution in [3.63, 3.8) is 0 Å². The van der Waals surface area contributed by atoms with Gasteiger partial charge < -0.3 is 5.32 Å². The van der Waals surface area contributed by atoms with Crippen LogP contribution in [0.4, 0.5) is 0 Å². The van der Waals surface area contributed by atoms with Gasteiger partial charge in [-0.3, -0.25) is 0 Å². The van der Waals surface area contributed by atoms with E-state index in [1.165, 1.54) is 48.9 Å². The average molecular weight is 232 g/mol. The molecule has 2 aliphatic rings. The predicted molar refractivity (Wildman–Crippen MR) is 75.0 cm³/mol. The molecule has 0 radical (unpaired) electrons. The van der Waals surface area contributed by atoms with Crippen LogP contribution in [0.2, 0.25) is 0 Å². The first-order valence-electron chi connectivity index (χ1n) is 6.94. The molecule has 0 saturated heterocycles. The number of rotatable bonds is 2. The van der Waals surface area contributed by atoms with Gasteiger partial charge in [0.05, 0.1) is 0 Å². The summed E-state index contributed by atoms with van der Waals surface area (Å²) in [7, 11) is 1.95. The van der Waals surface area contributed by atoms with E-state index in [9.17, 15) is 0 Å². The van der Waals surface area contributed by atoms with Crippen LogP contribution < -0.4 is 0 Å². The highest BCUT2D eigenvalue weighted by Crippen LogP contribution is 2.58. The van der Waals surface area contributed by atoms with Crippen molar-refractivity contribution in [2.75, 3.05) is 7.05 Å². The molecule has 2 rings (SSSR count). The zero-order valence-corrected chi connectivity index (χ0v) is 11.8. The summed E-state index contributed by atoms with van der Waals surface area (Å²) in [6, 6.07) is 0. The molecule has 96 valence electrons. The van der Waals surface area contributed by atoms with Gasteiger partial charge in [0.1, 0.15) is 0 Å². The SMILES string of the molecule is C=C1CCCC2(C)CCC(C([N-]C)=C(C)C)C12. The normalized spacial score (nSPS) is 36.6. The van der Waals surface area contributed by atoms with E-state index in [4.69, 9.17) is 0 Å². The molecule has 0 aromatic heterocycles. The molecule has 0 aromatic carbocycles. The van der Waals surface area contributed by atoms with Gasteiger partial charge in [0.15, 0.2) is 0 Å². The average Bonchev–Trinajstić information content (AvgIpc) is 2.58. The monoisotopic (exact) mass is 232 g/mol. The molecule has 2 fully saturated rings. The van der Waals surface area contributed by atoms with E-state index in [2.05, 4.69) is 32.7 Å². The molecule has 0 aliphatic heterocycles. The van der Waals surface area contributed by atoms with E-state index >= 15 is 0 Å². The van der Waals surface area contributed by atoms with Gasteiger partial charge in [0, 0.05) is 0 Å². The number of hydrogen-bond donors (Lipinski definition) is 0. The van der Waals surface area contributed by atoms with E-state index in [0.29, 0.717) is 17.3 Å². The third kappa shape index (κ3) is 2.05. The quantitative estimate of drug-likeness (QED) is 0.591. The summed E-state index contributed by atoms with van der Waals surface area (Å²) in [5.41, 5.74) is 4.73. The highest BCUT2D eigenvalue weighted by atomic mass is 14.9. The zero-order chi connectivity index (χ0) is 12.6. The molecule has 0 bridgehead atoms. The molecule has 0 amide bonds. The minimum absolute atomic E-state index is 0.505. The molecule has 3 unspecified atom stereocenters. The van der Waals surface area contributed by atoms with E-state index < -0.39 is 0 Å². The standard InChI is InChI=1S/C16H26N/c1-11(2)15(17-5)13-8-10-16(4)9-6-7-12(3)14(13)16/h13-14H,3,6-10H2,1-2,4-5H3/q-1. The third-order valence-electron chi connectivity index (χ3n) is 4.97. The van der Waals surface area contributed by atoms with Gasteiger partial charge in [0.25, 0.3) is 0 Å². The van der Waals surface area contributed by atoms with Gasteiger partial charge in [-0.1, -0.05) is 24.6 Å². The molecule has 0 heterocycles. The molecule has 2 aliphatic carbocycles. The van der Waals surface area contributed by atoms with Gasteiger partial charge in [-0.05, 0) is 63.2 Å². The Balaban J connectivity index is 2.32. The van der Waals surface area contributed by atoms with E-state index in [1.807, 2.05) is 7.05 Å². The highest BCUT2D eigenvalue weighted by Gasteiger charge is 2.47. The van der Waals surface area contributed by atoms with Crippen LogP contribution in [-0.2, 0) is 0 Å². The van der Waals surface area contributed by atoms with Gasteiger partial charge in [-0.2, -0.15) is 5.70 Å². The second-order valence-electron chi connectivity index (χ2n) is 6.40. The summed E-state index contributed by atoms with van der Waals surface area (Å²) in [6.45, 7) is 11.2. The highest BCUT2D eigenvalue weighted by molar-refractivity contribution is 5.31. The van der Waals surface area contributed by atoms with Crippen molar-refractivity contribution in [2.45, 2.75) is 52.9 Å². The fourth-order valence-electron chi connectivity index (χ4n) is 4.28. The maximum absolute atomic E-state index is 4.56. The lowest BCUT2D eigenvalue weighted by atomic mass is 9.65. The summed E-state index contributed by atoms with van der Waals surface area (Å²) in [5, 5.41) is 4.56. The Kier molecular flexibility index (Phi) is 3.38.